The molecule has 0 aliphatic carbocycles. The van der Waals surface area contributed by atoms with Gasteiger partial charge in [0.1, 0.15) is 12.0 Å². The Hall–Kier alpha value is -2.54. The fourth-order valence-electron chi connectivity index (χ4n) is 1.53. The number of hydrogen-bond donors (Lipinski definition) is 2. The first-order chi connectivity index (χ1) is 10.0. The van der Waals surface area contributed by atoms with Crippen LogP contribution >= 0.6 is 11.6 Å². The fourth-order valence-corrected chi connectivity index (χ4v) is 1.77. The highest BCUT2D eigenvalue weighted by Crippen LogP contribution is 2.27. The predicted octanol–water partition coefficient (Wildman–Crippen LogP) is 1.97. The molecular weight excluding hydrogens is 300 g/mol. The van der Waals surface area contributed by atoms with Crippen molar-refractivity contribution in [2.45, 2.75) is 6.42 Å². The van der Waals surface area contributed by atoms with Crippen LogP contribution < -0.4 is 10.1 Å². The van der Waals surface area contributed by atoms with Gasteiger partial charge < -0.3 is 19.7 Å². The van der Waals surface area contributed by atoms with Crippen molar-refractivity contribution in [2.75, 3.05) is 11.9 Å². The molecule has 1 aromatic heterocycles. The molecule has 2 aromatic rings. The lowest BCUT2D eigenvalue weighted by atomic mass is 10.2. The average molecular weight is 311 g/mol. The van der Waals surface area contributed by atoms with Gasteiger partial charge in [-0.15, -0.1) is 0 Å². The van der Waals surface area contributed by atoms with Crippen LogP contribution in [0.2, 0.25) is 5.02 Å². The Balaban J connectivity index is 1.96. The van der Waals surface area contributed by atoms with Gasteiger partial charge in [-0.2, -0.15) is 0 Å². The highest BCUT2D eigenvalue weighted by atomic mass is 35.5. The van der Waals surface area contributed by atoms with Crippen LogP contribution in [-0.4, -0.2) is 28.7 Å². The summed E-state index contributed by atoms with van der Waals surface area (Å²) in [6.07, 6.45) is 1.46. The normalized spacial score (nSPS) is 10.1. The number of benzene rings is 1. The molecule has 1 amide bonds. The summed E-state index contributed by atoms with van der Waals surface area (Å²) in [6.45, 7) is -0.489. The van der Waals surface area contributed by atoms with Crippen LogP contribution in [0.25, 0.3) is 0 Å². The van der Waals surface area contributed by atoms with E-state index in [1.165, 1.54) is 18.4 Å². The first-order valence-corrected chi connectivity index (χ1v) is 6.25. The second-order valence-corrected chi connectivity index (χ2v) is 4.45. The van der Waals surface area contributed by atoms with E-state index in [2.05, 4.69) is 15.0 Å². The Bertz CT molecular complexity index is 642. The van der Waals surface area contributed by atoms with Crippen molar-refractivity contribution in [2.24, 2.45) is 0 Å². The third kappa shape index (κ3) is 4.50. The Morgan fingerprint density at radius 2 is 2.19 bits per heavy atom. The molecular formula is C13H11ClN2O5. The minimum atomic E-state index is -1.10. The number of nitrogens with zero attached hydrogens (tertiary/aromatic N) is 1. The molecule has 0 fully saturated rings. The molecule has 1 aromatic carbocycles. The smallest absolute Gasteiger partial charge is 0.341 e. The lowest BCUT2D eigenvalue weighted by Gasteiger charge is -2.08. The Morgan fingerprint density at radius 1 is 1.38 bits per heavy atom. The van der Waals surface area contributed by atoms with Gasteiger partial charge in [-0.3, -0.25) is 4.79 Å². The van der Waals surface area contributed by atoms with E-state index in [0.717, 1.165) is 0 Å². The van der Waals surface area contributed by atoms with Crippen molar-refractivity contribution in [3.63, 3.8) is 0 Å². The largest absolute Gasteiger partial charge is 0.480 e. The number of carbonyl (C=O) groups excluding carboxylic acids is 1. The maximum atomic E-state index is 11.7. The second kappa shape index (κ2) is 6.76. The highest BCUT2D eigenvalue weighted by Gasteiger charge is 2.09. The summed E-state index contributed by atoms with van der Waals surface area (Å²) < 4.78 is 9.61. The topological polar surface area (TPSA) is 102 Å². The SMILES string of the molecule is O=C(O)COc1ccc(NC(=O)Cc2ccon2)cc1Cl. The van der Waals surface area contributed by atoms with Crippen LogP contribution in [0.4, 0.5) is 5.69 Å². The number of carboxylic acid groups (broad SMARTS) is 1. The Labute approximate surface area is 124 Å². The zero-order chi connectivity index (χ0) is 15.2. The van der Waals surface area contributed by atoms with E-state index >= 15 is 0 Å². The first-order valence-electron chi connectivity index (χ1n) is 5.88. The van der Waals surface area contributed by atoms with Crippen LogP contribution in [0.3, 0.4) is 0 Å². The van der Waals surface area contributed by atoms with Gasteiger partial charge in [-0.25, -0.2) is 4.79 Å². The molecule has 1 heterocycles. The third-order valence-electron chi connectivity index (χ3n) is 2.40. The van der Waals surface area contributed by atoms with E-state index in [4.69, 9.17) is 21.4 Å². The summed E-state index contributed by atoms with van der Waals surface area (Å²) in [4.78, 5) is 22.2. The number of aliphatic carboxylic acids is 1. The number of ether oxygens (including phenoxy) is 1. The number of rotatable bonds is 6. The minimum absolute atomic E-state index is 0.0748. The van der Waals surface area contributed by atoms with E-state index in [1.54, 1.807) is 12.1 Å². The molecule has 2 N–H and O–H groups in total. The Morgan fingerprint density at radius 3 is 2.81 bits per heavy atom. The number of carboxylic acids is 1. The molecule has 0 spiro atoms. The first kappa shape index (κ1) is 14.9. The van der Waals surface area contributed by atoms with Crippen LogP contribution in [0.1, 0.15) is 5.69 Å². The maximum absolute atomic E-state index is 11.7. The maximum Gasteiger partial charge on any atom is 0.341 e. The summed E-state index contributed by atoms with van der Waals surface area (Å²) in [5.74, 6) is -1.15. The third-order valence-corrected chi connectivity index (χ3v) is 2.70. The molecule has 0 aliphatic rings. The molecule has 0 unspecified atom stereocenters. The van der Waals surface area contributed by atoms with Gasteiger partial charge in [0.2, 0.25) is 5.91 Å². The number of halogens is 1. The second-order valence-electron chi connectivity index (χ2n) is 4.04. The molecule has 7 nitrogen and oxygen atoms in total. The quantitative estimate of drug-likeness (QED) is 0.845. The van der Waals surface area contributed by atoms with Gasteiger partial charge in [0.15, 0.2) is 6.61 Å². The number of carbonyl (C=O) groups is 2. The summed E-state index contributed by atoms with van der Waals surface area (Å²) in [5, 5.41) is 15.0. The minimum Gasteiger partial charge on any atom is -0.480 e. The molecule has 0 aliphatic heterocycles. The van der Waals surface area contributed by atoms with Crippen molar-refractivity contribution >= 4 is 29.2 Å². The van der Waals surface area contributed by atoms with E-state index in [0.29, 0.717) is 11.4 Å². The number of nitrogens with one attached hydrogen (secondary N) is 1. The molecule has 0 radical (unpaired) electrons. The monoisotopic (exact) mass is 310 g/mol. The molecule has 0 saturated heterocycles. The summed E-state index contributed by atoms with van der Waals surface area (Å²) in [6, 6.07) is 6.11. The van der Waals surface area contributed by atoms with Crippen molar-refractivity contribution in [1.29, 1.82) is 0 Å². The molecule has 110 valence electrons. The molecule has 0 saturated carbocycles. The van der Waals surface area contributed by atoms with Gasteiger partial charge in [0.05, 0.1) is 17.1 Å². The predicted molar refractivity (Wildman–Crippen MR) is 73.4 cm³/mol. The van der Waals surface area contributed by atoms with Gasteiger partial charge in [-0.1, -0.05) is 16.8 Å². The van der Waals surface area contributed by atoms with Crippen LogP contribution in [-0.2, 0) is 16.0 Å². The zero-order valence-corrected chi connectivity index (χ0v) is 11.5. The lowest BCUT2D eigenvalue weighted by Crippen LogP contribution is -2.14. The summed E-state index contributed by atoms with van der Waals surface area (Å²) >= 11 is 5.94. The van der Waals surface area contributed by atoms with Crippen LogP contribution in [0.5, 0.6) is 5.75 Å². The van der Waals surface area contributed by atoms with Gasteiger partial charge in [0, 0.05) is 11.8 Å². The zero-order valence-electron chi connectivity index (χ0n) is 10.7. The van der Waals surface area contributed by atoms with Gasteiger partial charge >= 0.3 is 5.97 Å². The standard InChI is InChI=1S/C13H11ClN2O5/c14-10-5-8(1-2-11(10)20-7-13(18)19)15-12(17)6-9-3-4-21-16-9/h1-5H,6-7H2,(H,15,17)(H,18,19). The van der Waals surface area contributed by atoms with Gasteiger partial charge in [0.25, 0.3) is 0 Å². The number of aromatic nitrogens is 1. The van der Waals surface area contributed by atoms with E-state index in [1.807, 2.05) is 0 Å². The fraction of sp³-hybridized carbons (Fsp3) is 0.154. The number of amides is 1. The van der Waals surface area contributed by atoms with Crippen LogP contribution in [0.15, 0.2) is 35.1 Å². The summed E-state index contributed by atoms with van der Waals surface area (Å²) in [7, 11) is 0. The van der Waals surface area contributed by atoms with Crippen molar-refractivity contribution in [3.05, 3.63) is 41.2 Å². The van der Waals surface area contributed by atoms with E-state index < -0.39 is 12.6 Å². The highest BCUT2D eigenvalue weighted by molar-refractivity contribution is 6.32. The van der Waals surface area contributed by atoms with Crippen molar-refractivity contribution < 1.29 is 24.0 Å². The lowest BCUT2D eigenvalue weighted by molar-refractivity contribution is -0.139. The van der Waals surface area contributed by atoms with Crippen LogP contribution in [0, 0.1) is 0 Å². The Kier molecular flexibility index (Phi) is 4.78. The average Bonchev–Trinajstić information content (AvgIpc) is 2.90. The van der Waals surface area contributed by atoms with E-state index in [-0.39, 0.29) is 23.1 Å². The number of anilines is 1. The van der Waals surface area contributed by atoms with Gasteiger partial charge in [-0.05, 0) is 18.2 Å². The molecule has 2 rings (SSSR count). The number of hydrogen-bond acceptors (Lipinski definition) is 5. The molecule has 8 heteroatoms. The molecule has 21 heavy (non-hydrogen) atoms. The molecule has 0 atom stereocenters. The van der Waals surface area contributed by atoms with Crippen molar-refractivity contribution in [1.82, 2.24) is 5.16 Å². The van der Waals surface area contributed by atoms with Crippen molar-refractivity contribution in [3.8, 4) is 5.75 Å². The molecule has 0 bridgehead atoms. The summed E-state index contributed by atoms with van der Waals surface area (Å²) in [5.41, 5.74) is 0.983. The van der Waals surface area contributed by atoms with E-state index in [9.17, 15) is 9.59 Å².